The molecule has 0 aliphatic heterocycles. The molecular weight excluding hydrogens is 564 g/mol. The third-order valence-electron chi connectivity index (χ3n) is 6.53. The molecule has 200 valence electrons. The summed E-state index contributed by atoms with van der Waals surface area (Å²) in [5.41, 5.74) is -2.83. The molecule has 5 rings (SSSR count). The summed E-state index contributed by atoms with van der Waals surface area (Å²) in [6.45, 7) is 0.671. The topological polar surface area (TPSA) is 79.3 Å². The number of benzene rings is 2. The van der Waals surface area contributed by atoms with Gasteiger partial charge in [0, 0.05) is 31.9 Å². The van der Waals surface area contributed by atoms with Crippen molar-refractivity contribution in [3.63, 3.8) is 0 Å². The zero-order chi connectivity index (χ0) is 27.5. The van der Waals surface area contributed by atoms with Crippen LogP contribution in [0.2, 0.25) is 5.02 Å². The molecule has 0 spiro atoms. The maximum atomic E-state index is 15.0. The third kappa shape index (κ3) is 4.93. The van der Waals surface area contributed by atoms with Gasteiger partial charge in [-0.25, -0.2) is 17.5 Å². The molecule has 2 heterocycles. The van der Waals surface area contributed by atoms with Crippen molar-refractivity contribution in [2.24, 2.45) is 0 Å². The molecule has 2 atom stereocenters. The van der Waals surface area contributed by atoms with Crippen LogP contribution in [0.5, 0.6) is 0 Å². The van der Waals surface area contributed by atoms with Gasteiger partial charge in [0.25, 0.3) is 0 Å². The van der Waals surface area contributed by atoms with Gasteiger partial charge in [-0.2, -0.15) is 13.2 Å². The summed E-state index contributed by atoms with van der Waals surface area (Å²) >= 11 is 7.48. The average Bonchev–Trinajstić information content (AvgIpc) is 3.62. The van der Waals surface area contributed by atoms with E-state index in [4.69, 9.17) is 11.6 Å². The molecule has 5 nitrogen and oxygen atoms in total. The van der Waals surface area contributed by atoms with Gasteiger partial charge in [-0.15, -0.1) is 11.3 Å². The Bertz CT molecular complexity index is 1610. The summed E-state index contributed by atoms with van der Waals surface area (Å²) in [4.78, 5) is 4.67. The van der Waals surface area contributed by atoms with Crippen molar-refractivity contribution >= 4 is 43.0 Å². The molecule has 0 unspecified atom stereocenters. The van der Waals surface area contributed by atoms with E-state index < -0.39 is 38.9 Å². The van der Waals surface area contributed by atoms with Crippen LogP contribution in [0.15, 0.2) is 60.8 Å². The van der Waals surface area contributed by atoms with E-state index in [1.165, 1.54) is 30.5 Å². The van der Waals surface area contributed by atoms with Gasteiger partial charge in [0.05, 0.1) is 17.0 Å². The van der Waals surface area contributed by atoms with Crippen LogP contribution in [0, 0.1) is 5.82 Å². The van der Waals surface area contributed by atoms with Crippen LogP contribution in [0.4, 0.5) is 17.6 Å². The van der Waals surface area contributed by atoms with E-state index in [-0.39, 0.29) is 21.8 Å². The molecule has 2 aromatic carbocycles. The van der Waals surface area contributed by atoms with Crippen LogP contribution in [0.25, 0.3) is 21.3 Å². The Labute approximate surface area is 225 Å². The van der Waals surface area contributed by atoms with Crippen LogP contribution in [0.3, 0.4) is 0 Å². The fourth-order valence-electron chi connectivity index (χ4n) is 4.16. The van der Waals surface area contributed by atoms with Crippen LogP contribution < -0.4 is 4.72 Å². The molecule has 1 aliphatic carbocycles. The van der Waals surface area contributed by atoms with Gasteiger partial charge in [0.15, 0.2) is 5.60 Å². The van der Waals surface area contributed by atoms with E-state index in [1.807, 2.05) is 0 Å². The van der Waals surface area contributed by atoms with Crippen molar-refractivity contribution in [2.45, 2.75) is 42.8 Å². The Kier molecular flexibility index (Phi) is 6.80. The van der Waals surface area contributed by atoms with Crippen molar-refractivity contribution in [3.8, 4) is 11.3 Å². The van der Waals surface area contributed by atoms with Gasteiger partial charge in [-0.1, -0.05) is 35.9 Å². The highest BCUT2D eigenvalue weighted by Crippen LogP contribution is 2.43. The Morgan fingerprint density at radius 1 is 1.13 bits per heavy atom. The first kappa shape index (κ1) is 27.0. The Morgan fingerprint density at radius 3 is 2.50 bits per heavy atom. The highest BCUT2D eigenvalue weighted by Gasteiger charge is 2.51. The number of thiophene rings is 1. The second-order valence-electron chi connectivity index (χ2n) is 9.30. The molecule has 2 N–H and O–H groups in total. The summed E-state index contributed by atoms with van der Waals surface area (Å²) in [7, 11) is -3.77. The lowest BCUT2D eigenvalue weighted by Gasteiger charge is -2.26. The fraction of sp³-hybridized carbons (Fsp3) is 0.269. The molecule has 0 amide bonds. The molecule has 4 aromatic rings. The zero-order valence-electron chi connectivity index (χ0n) is 19.8. The van der Waals surface area contributed by atoms with Crippen molar-refractivity contribution in [3.05, 3.63) is 87.6 Å². The highest BCUT2D eigenvalue weighted by molar-refractivity contribution is 7.90. The lowest BCUT2D eigenvalue weighted by atomic mass is 9.94. The van der Waals surface area contributed by atoms with Gasteiger partial charge >= 0.3 is 6.18 Å². The Morgan fingerprint density at radius 2 is 1.84 bits per heavy atom. The average molecular weight is 585 g/mol. The second-order valence-corrected chi connectivity index (χ2v) is 12.8. The third-order valence-corrected chi connectivity index (χ3v) is 10.0. The lowest BCUT2D eigenvalue weighted by molar-refractivity contribution is -0.258. The molecule has 2 aromatic heterocycles. The quantitative estimate of drug-likeness (QED) is 0.237. The van der Waals surface area contributed by atoms with Crippen LogP contribution in [-0.2, 0) is 15.6 Å². The molecular formula is C26H21ClF4N2O3S2. The van der Waals surface area contributed by atoms with E-state index in [9.17, 15) is 31.1 Å². The van der Waals surface area contributed by atoms with Crippen LogP contribution in [0.1, 0.15) is 41.8 Å². The lowest BCUT2D eigenvalue weighted by Crippen LogP contribution is -2.39. The molecule has 38 heavy (non-hydrogen) atoms. The van der Waals surface area contributed by atoms with Crippen molar-refractivity contribution in [1.82, 2.24) is 9.71 Å². The number of hydrogen-bond acceptors (Lipinski definition) is 5. The minimum absolute atomic E-state index is 0.0205. The van der Waals surface area contributed by atoms with Crippen molar-refractivity contribution in [2.75, 3.05) is 0 Å². The largest absolute Gasteiger partial charge is 0.421 e. The predicted molar refractivity (Wildman–Crippen MR) is 139 cm³/mol. The zero-order valence-corrected chi connectivity index (χ0v) is 22.1. The number of sulfonamides is 1. The van der Waals surface area contributed by atoms with Gasteiger partial charge in [0.2, 0.25) is 10.0 Å². The number of alkyl halides is 3. The maximum Gasteiger partial charge on any atom is 0.421 e. The summed E-state index contributed by atoms with van der Waals surface area (Å²) < 4.78 is 84.4. The first-order valence-corrected chi connectivity index (χ1v) is 14.3. The minimum Gasteiger partial charge on any atom is -0.376 e. The fourth-order valence-corrected chi connectivity index (χ4v) is 7.27. The van der Waals surface area contributed by atoms with E-state index in [1.54, 1.807) is 24.3 Å². The van der Waals surface area contributed by atoms with Crippen molar-refractivity contribution < 1.29 is 31.1 Å². The highest BCUT2D eigenvalue weighted by atomic mass is 35.5. The normalized spacial score (nSPS) is 16.9. The molecule has 0 bridgehead atoms. The number of pyridine rings is 1. The van der Waals surface area contributed by atoms with Crippen LogP contribution >= 0.6 is 22.9 Å². The number of nitrogens with zero attached hydrogens (tertiary/aromatic N) is 1. The second kappa shape index (κ2) is 9.56. The maximum absolute atomic E-state index is 15.0. The number of aliphatic hydroxyl groups is 1. The van der Waals surface area contributed by atoms with Gasteiger partial charge < -0.3 is 5.11 Å². The molecule has 0 saturated heterocycles. The summed E-state index contributed by atoms with van der Waals surface area (Å²) in [5.74, 6) is -0.678. The van der Waals surface area contributed by atoms with E-state index in [2.05, 4.69) is 9.71 Å². The van der Waals surface area contributed by atoms with Gasteiger partial charge in [0.1, 0.15) is 5.82 Å². The molecule has 0 radical (unpaired) electrons. The molecule has 1 saturated carbocycles. The minimum atomic E-state index is -4.90. The monoisotopic (exact) mass is 584 g/mol. The SMILES string of the molecule is C[C@@](O)(c1ccnc(-c2cccc3cc([C@H](NS(=O)(=O)C4CC4)c4c(F)cccc4Cl)sc23)c1)C(F)(F)F. The summed E-state index contributed by atoms with van der Waals surface area (Å²) in [6, 6.07) is 12.0. The number of rotatable bonds is 7. The summed E-state index contributed by atoms with van der Waals surface area (Å²) in [6.07, 6.45) is -2.71. The first-order chi connectivity index (χ1) is 17.8. The first-order valence-electron chi connectivity index (χ1n) is 11.5. The van der Waals surface area contributed by atoms with Gasteiger partial charge in [-0.05, 0) is 61.0 Å². The van der Waals surface area contributed by atoms with Crippen molar-refractivity contribution in [1.29, 1.82) is 0 Å². The number of halogens is 5. The molecule has 1 fully saturated rings. The smallest absolute Gasteiger partial charge is 0.376 e. The number of aromatic nitrogens is 1. The Hall–Kier alpha value is -2.57. The summed E-state index contributed by atoms with van der Waals surface area (Å²) in [5, 5.41) is 10.3. The van der Waals surface area contributed by atoms with Crippen LogP contribution in [-0.4, -0.2) is 29.9 Å². The number of fused-ring (bicyclic) bond motifs is 1. The van der Waals surface area contributed by atoms with E-state index >= 15 is 0 Å². The number of nitrogens with one attached hydrogen (secondary N) is 1. The Balaban J connectivity index is 1.64. The van der Waals surface area contributed by atoms with E-state index in [0.29, 0.717) is 40.3 Å². The molecule has 1 aliphatic rings. The van der Waals surface area contributed by atoms with E-state index in [0.717, 1.165) is 17.4 Å². The predicted octanol–water partition coefficient (Wildman–Crippen LogP) is 6.70. The standard InChI is InChI=1S/C26H21ClF4N2O3S2/c1-25(34,26(29,30)31)15-10-11-32-20(13-15)17-5-2-4-14-12-21(37-24(14)17)23(33-38(35,36)16-8-9-16)22-18(27)6-3-7-19(22)28/h2-7,10-13,16,23,33-34H,8-9H2,1H3/t23-,25+/m0/s1. The number of hydrogen-bond donors (Lipinski definition) is 2. The molecule has 12 heteroatoms. The van der Waals surface area contributed by atoms with Gasteiger partial charge in [-0.3, -0.25) is 4.98 Å².